The summed E-state index contributed by atoms with van der Waals surface area (Å²) >= 11 is 2.37. The van der Waals surface area contributed by atoms with Crippen molar-refractivity contribution in [3.8, 4) is 0 Å². The highest BCUT2D eigenvalue weighted by Crippen LogP contribution is 2.40. The highest BCUT2D eigenvalue weighted by atomic mass is 127. The third-order valence-corrected chi connectivity index (χ3v) is 5.61. The number of hydrogen-bond donors (Lipinski definition) is 0. The SMILES string of the molecule is CC1=CCN(SI)C1c1ccc(C(C)C)cc1.CCOC=O. The first-order chi connectivity index (χ1) is 10.5. The standard InChI is InChI=1S/C14H18INS.C3H6O2/c1-10(2)12-4-6-13(7-5-12)14-11(3)8-9-16(14)17-15;1-2-5-3-4/h4-8,10,14H,9H2,1-3H3;3H,2H2,1H3. The van der Waals surface area contributed by atoms with Crippen LogP contribution in [0.2, 0.25) is 0 Å². The zero-order valence-electron chi connectivity index (χ0n) is 13.6. The van der Waals surface area contributed by atoms with Gasteiger partial charge in [-0.05, 0) is 40.0 Å². The molecular formula is C17H24INO2S. The predicted molar refractivity (Wildman–Crippen MR) is 103 cm³/mol. The van der Waals surface area contributed by atoms with E-state index in [9.17, 15) is 4.79 Å². The van der Waals surface area contributed by atoms with Gasteiger partial charge in [0.05, 0.1) is 12.6 Å². The smallest absolute Gasteiger partial charge is 0.293 e. The zero-order chi connectivity index (χ0) is 16.5. The second-order valence-electron chi connectivity index (χ2n) is 5.39. The van der Waals surface area contributed by atoms with Crippen molar-refractivity contribution in [2.24, 2.45) is 0 Å². The fraction of sp³-hybridized carbons (Fsp3) is 0.471. The molecule has 2 rings (SSSR count). The molecule has 1 aliphatic heterocycles. The lowest BCUT2D eigenvalue weighted by Crippen LogP contribution is -2.16. The predicted octanol–water partition coefficient (Wildman–Crippen LogP) is 5.29. The molecule has 0 fully saturated rings. The largest absolute Gasteiger partial charge is 0.468 e. The van der Waals surface area contributed by atoms with E-state index in [1.54, 1.807) is 16.0 Å². The van der Waals surface area contributed by atoms with Crippen molar-refractivity contribution in [1.29, 1.82) is 0 Å². The van der Waals surface area contributed by atoms with Crippen LogP contribution < -0.4 is 0 Å². The number of rotatable bonds is 5. The summed E-state index contributed by atoms with van der Waals surface area (Å²) in [6, 6.07) is 9.55. The van der Waals surface area contributed by atoms with E-state index in [-0.39, 0.29) is 0 Å². The van der Waals surface area contributed by atoms with Gasteiger partial charge in [-0.2, -0.15) is 0 Å². The molecule has 0 N–H and O–H groups in total. The highest BCUT2D eigenvalue weighted by Gasteiger charge is 2.26. The molecule has 0 spiro atoms. The zero-order valence-corrected chi connectivity index (χ0v) is 16.6. The minimum absolute atomic E-state index is 0.431. The van der Waals surface area contributed by atoms with Gasteiger partial charge in [-0.25, -0.2) is 4.31 Å². The van der Waals surface area contributed by atoms with Gasteiger partial charge < -0.3 is 4.74 Å². The molecule has 1 aromatic carbocycles. The molecule has 0 bridgehead atoms. The van der Waals surface area contributed by atoms with Crippen LogP contribution in [0.1, 0.15) is 50.8 Å². The highest BCUT2D eigenvalue weighted by molar-refractivity contribution is 14.2. The van der Waals surface area contributed by atoms with Crippen molar-refractivity contribution in [1.82, 2.24) is 4.31 Å². The Bertz CT molecular complexity index is 488. The van der Waals surface area contributed by atoms with E-state index in [1.165, 1.54) is 16.7 Å². The fourth-order valence-electron chi connectivity index (χ4n) is 2.31. The number of carbonyl (C=O) groups excluding carboxylic acids is 1. The molecule has 1 aromatic rings. The maximum Gasteiger partial charge on any atom is 0.293 e. The number of hydrogen-bond acceptors (Lipinski definition) is 4. The van der Waals surface area contributed by atoms with E-state index >= 15 is 0 Å². The first-order valence-electron chi connectivity index (χ1n) is 7.42. The molecule has 1 aliphatic rings. The van der Waals surface area contributed by atoms with Crippen molar-refractivity contribution in [3.05, 3.63) is 47.0 Å². The lowest BCUT2D eigenvalue weighted by Gasteiger charge is -2.23. The third-order valence-electron chi connectivity index (χ3n) is 3.55. The Morgan fingerprint density at radius 1 is 1.41 bits per heavy atom. The van der Waals surface area contributed by atoms with Gasteiger partial charge in [0, 0.05) is 27.8 Å². The first kappa shape index (κ1) is 19.5. The Kier molecular flexibility index (Phi) is 9.12. The molecular weight excluding hydrogens is 409 g/mol. The number of nitrogens with zero attached hydrogens (tertiary/aromatic N) is 1. The Morgan fingerprint density at radius 2 is 2.05 bits per heavy atom. The van der Waals surface area contributed by atoms with Crippen LogP contribution in [0.3, 0.4) is 0 Å². The average molecular weight is 433 g/mol. The molecule has 0 amide bonds. The van der Waals surface area contributed by atoms with Crippen molar-refractivity contribution in [2.75, 3.05) is 13.2 Å². The van der Waals surface area contributed by atoms with Crippen LogP contribution in [0.5, 0.6) is 0 Å². The summed E-state index contributed by atoms with van der Waals surface area (Å²) in [5.74, 6) is 0.610. The molecule has 1 heterocycles. The second kappa shape index (κ2) is 10.3. The summed E-state index contributed by atoms with van der Waals surface area (Å²) in [6.45, 7) is 10.4. The molecule has 0 aromatic heterocycles. The Morgan fingerprint density at radius 3 is 2.45 bits per heavy atom. The summed E-state index contributed by atoms with van der Waals surface area (Å²) in [7, 11) is 1.80. The second-order valence-corrected chi connectivity index (χ2v) is 7.18. The van der Waals surface area contributed by atoms with Crippen LogP contribution in [0.25, 0.3) is 0 Å². The summed E-state index contributed by atoms with van der Waals surface area (Å²) in [4.78, 5) is 9.18. The molecule has 122 valence electrons. The van der Waals surface area contributed by atoms with Gasteiger partial charge in [-0.1, -0.05) is 49.8 Å². The van der Waals surface area contributed by atoms with Gasteiger partial charge in [0.1, 0.15) is 0 Å². The topological polar surface area (TPSA) is 29.5 Å². The molecule has 1 atom stereocenters. The molecule has 0 aliphatic carbocycles. The van der Waals surface area contributed by atoms with Crippen LogP contribution in [-0.4, -0.2) is 23.9 Å². The normalized spacial score (nSPS) is 17.7. The Hall–Kier alpha value is -0.530. The quantitative estimate of drug-likeness (QED) is 0.273. The van der Waals surface area contributed by atoms with Gasteiger partial charge in [-0.3, -0.25) is 4.79 Å². The van der Waals surface area contributed by atoms with E-state index in [0.717, 1.165) is 6.54 Å². The Labute approximate surface area is 150 Å². The molecule has 0 radical (unpaired) electrons. The summed E-state index contributed by atoms with van der Waals surface area (Å²) in [5.41, 5.74) is 4.29. The van der Waals surface area contributed by atoms with E-state index in [0.29, 0.717) is 25.0 Å². The summed E-state index contributed by atoms with van der Waals surface area (Å²) in [6.07, 6.45) is 2.33. The van der Waals surface area contributed by atoms with Crippen LogP contribution in [-0.2, 0) is 9.53 Å². The van der Waals surface area contributed by atoms with Crippen LogP contribution in [0, 0.1) is 0 Å². The molecule has 5 heteroatoms. The van der Waals surface area contributed by atoms with Crippen LogP contribution in [0.15, 0.2) is 35.9 Å². The Balaban J connectivity index is 0.000000422. The van der Waals surface area contributed by atoms with Gasteiger partial charge in [0.2, 0.25) is 0 Å². The van der Waals surface area contributed by atoms with Gasteiger partial charge in [-0.15, -0.1) is 0 Å². The van der Waals surface area contributed by atoms with E-state index in [4.69, 9.17) is 0 Å². The third kappa shape index (κ3) is 5.59. The van der Waals surface area contributed by atoms with E-state index in [1.807, 2.05) is 0 Å². The van der Waals surface area contributed by atoms with Crippen LogP contribution in [0.4, 0.5) is 0 Å². The van der Waals surface area contributed by atoms with Gasteiger partial charge >= 0.3 is 0 Å². The van der Waals surface area contributed by atoms with E-state index in [2.05, 4.69) is 81.4 Å². The average Bonchev–Trinajstić information content (AvgIpc) is 2.89. The summed E-state index contributed by atoms with van der Waals surface area (Å²) < 4.78 is 6.57. The molecule has 1 unspecified atom stereocenters. The maximum atomic E-state index is 9.18. The number of benzene rings is 1. The maximum absolute atomic E-state index is 9.18. The molecule has 22 heavy (non-hydrogen) atoms. The lowest BCUT2D eigenvalue weighted by molar-refractivity contribution is -0.128. The molecule has 0 saturated carbocycles. The molecule has 3 nitrogen and oxygen atoms in total. The van der Waals surface area contributed by atoms with Crippen molar-refractivity contribution in [3.63, 3.8) is 0 Å². The fourth-order valence-corrected chi connectivity index (χ4v) is 3.97. The number of carbonyl (C=O) groups is 1. The van der Waals surface area contributed by atoms with Gasteiger partial charge in [0.25, 0.3) is 6.47 Å². The minimum Gasteiger partial charge on any atom is -0.468 e. The number of ether oxygens (including phenoxy) is 1. The first-order valence-corrected chi connectivity index (χ1v) is 10.7. The number of halogens is 1. The van der Waals surface area contributed by atoms with Crippen molar-refractivity contribution >= 4 is 36.8 Å². The van der Waals surface area contributed by atoms with E-state index < -0.39 is 0 Å². The summed E-state index contributed by atoms with van der Waals surface area (Å²) in [5, 5.41) is 0. The lowest BCUT2D eigenvalue weighted by atomic mass is 9.97. The van der Waals surface area contributed by atoms with Crippen molar-refractivity contribution in [2.45, 2.75) is 39.7 Å². The van der Waals surface area contributed by atoms with Crippen LogP contribution >= 0.6 is 30.3 Å². The monoisotopic (exact) mass is 433 g/mol. The van der Waals surface area contributed by atoms with Crippen molar-refractivity contribution < 1.29 is 9.53 Å². The molecule has 0 saturated heterocycles. The minimum atomic E-state index is 0.431. The van der Waals surface area contributed by atoms with Gasteiger partial charge in [0.15, 0.2) is 0 Å².